The second-order valence-corrected chi connectivity index (χ2v) is 5.45. The first kappa shape index (κ1) is 12.3. The Morgan fingerprint density at radius 2 is 2.16 bits per heavy atom. The summed E-state index contributed by atoms with van der Waals surface area (Å²) in [6.45, 7) is 0. The first-order valence-electron chi connectivity index (χ1n) is 6.04. The third-order valence-electron chi connectivity index (χ3n) is 3.09. The van der Waals surface area contributed by atoms with E-state index in [1.807, 2.05) is 31.4 Å². The van der Waals surface area contributed by atoms with Crippen molar-refractivity contribution in [2.75, 3.05) is 7.05 Å². The van der Waals surface area contributed by atoms with E-state index in [1.165, 1.54) is 6.07 Å². The number of benzene rings is 1. The molecule has 96 valence electrons. The van der Waals surface area contributed by atoms with Crippen LogP contribution in [0.25, 0.3) is 10.1 Å². The van der Waals surface area contributed by atoms with E-state index in [0.717, 1.165) is 20.5 Å². The van der Waals surface area contributed by atoms with Gasteiger partial charge in [-0.25, -0.2) is 4.39 Å². The van der Waals surface area contributed by atoms with Crippen molar-refractivity contribution in [3.63, 3.8) is 0 Å². The number of halogens is 1. The SMILES string of the molecule is CNC(c1cccnc1)c1cc2ccc(F)cc2s1. The molecule has 1 unspecified atom stereocenters. The summed E-state index contributed by atoms with van der Waals surface area (Å²) >= 11 is 1.61. The van der Waals surface area contributed by atoms with Crippen molar-refractivity contribution in [3.05, 3.63) is 65.0 Å². The highest BCUT2D eigenvalue weighted by atomic mass is 32.1. The summed E-state index contributed by atoms with van der Waals surface area (Å²) in [6, 6.07) is 11.1. The maximum absolute atomic E-state index is 13.2. The van der Waals surface area contributed by atoms with Crippen molar-refractivity contribution in [1.82, 2.24) is 10.3 Å². The van der Waals surface area contributed by atoms with Gasteiger partial charge in [0.2, 0.25) is 0 Å². The van der Waals surface area contributed by atoms with Crippen molar-refractivity contribution in [3.8, 4) is 0 Å². The molecule has 0 spiro atoms. The van der Waals surface area contributed by atoms with Gasteiger partial charge in [-0.3, -0.25) is 4.98 Å². The van der Waals surface area contributed by atoms with Gasteiger partial charge in [-0.15, -0.1) is 11.3 Å². The van der Waals surface area contributed by atoms with Crippen molar-refractivity contribution in [1.29, 1.82) is 0 Å². The van der Waals surface area contributed by atoms with Crippen LogP contribution in [-0.2, 0) is 0 Å². The third-order valence-corrected chi connectivity index (χ3v) is 4.25. The molecular formula is C15H13FN2S. The minimum absolute atomic E-state index is 0.0918. The second-order valence-electron chi connectivity index (χ2n) is 4.34. The highest BCUT2D eigenvalue weighted by Crippen LogP contribution is 2.33. The van der Waals surface area contributed by atoms with Crippen LogP contribution in [0.2, 0.25) is 0 Å². The Hall–Kier alpha value is -1.78. The first-order valence-corrected chi connectivity index (χ1v) is 6.86. The first-order chi connectivity index (χ1) is 9.28. The molecule has 1 atom stereocenters. The molecule has 0 aliphatic carbocycles. The van der Waals surface area contributed by atoms with Gasteiger partial charge in [0, 0.05) is 22.0 Å². The number of fused-ring (bicyclic) bond motifs is 1. The Morgan fingerprint density at radius 3 is 2.89 bits per heavy atom. The predicted octanol–water partition coefficient (Wildman–Crippen LogP) is 3.74. The molecule has 4 heteroatoms. The second kappa shape index (κ2) is 5.07. The standard InChI is InChI=1S/C15H13FN2S/c1-17-15(11-3-2-6-18-9-11)14-7-10-4-5-12(16)8-13(10)19-14/h2-9,15,17H,1H3. The van der Waals surface area contributed by atoms with Crippen LogP contribution in [-0.4, -0.2) is 12.0 Å². The molecule has 0 saturated carbocycles. The average molecular weight is 272 g/mol. The lowest BCUT2D eigenvalue weighted by molar-refractivity contribution is 0.630. The van der Waals surface area contributed by atoms with Crippen LogP contribution in [0.1, 0.15) is 16.5 Å². The van der Waals surface area contributed by atoms with Crippen LogP contribution in [0, 0.1) is 5.82 Å². The minimum atomic E-state index is -0.191. The Kier molecular flexibility index (Phi) is 3.27. The molecule has 3 rings (SSSR count). The summed E-state index contributed by atoms with van der Waals surface area (Å²) in [6.07, 6.45) is 3.61. The van der Waals surface area contributed by atoms with Gasteiger partial charge in [0.25, 0.3) is 0 Å². The van der Waals surface area contributed by atoms with E-state index in [0.29, 0.717) is 0 Å². The van der Waals surface area contributed by atoms with E-state index < -0.39 is 0 Å². The Morgan fingerprint density at radius 1 is 1.26 bits per heavy atom. The van der Waals surface area contributed by atoms with E-state index in [1.54, 1.807) is 23.6 Å². The molecule has 0 fully saturated rings. The monoisotopic (exact) mass is 272 g/mol. The van der Waals surface area contributed by atoms with Gasteiger partial charge in [-0.1, -0.05) is 12.1 Å². The van der Waals surface area contributed by atoms with E-state index in [2.05, 4.69) is 16.4 Å². The predicted molar refractivity (Wildman–Crippen MR) is 76.9 cm³/mol. The van der Waals surface area contributed by atoms with Crippen molar-refractivity contribution in [2.24, 2.45) is 0 Å². The van der Waals surface area contributed by atoms with Gasteiger partial charge < -0.3 is 5.32 Å². The lowest BCUT2D eigenvalue weighted by Crippen LogP contribution is -2.16. The Bertz CT molecular complexity index is 694. The molecule has 1 N–H and O–H groups in total. The van der Waals surface area contributed by atoms with E-state index in [-0.39, 0.29) is 11.9 Å². The summed E-state index contributed by atoms with van der Waals surface area (Å²) < 4.78 is 14.2. The van der Waals surface area contributed by atoms with Crippen molar-refractivity contribution < 1.29 is 4.39 Å². The van der Waals surface area contributed by atoms with Crippen LogP contribution < -0.4 is 5.32 Å². The zero-order chi connectivity index (χ0) is 13.2. The normalized spacial score (nSPS) is 12.7. The smallest absolute Gasteiger partial charge is 0.124 e. The quantitative estimate of drug-likeness (QED) is 0.785. The highest BCUT2D eigenvalue weighted by Gasteiger charge is 2.15. The van der Waals surface area contributed by atoms with Crippen molar-refractivity contribution >= 4 is 21.4 Å². The maximum atomic E-state index is 13.2. The molecule has 19 heavy (non-hydrogen) atoms. The molecule has 0 saturated heterocycles. The van der Waals surface area contributed by atoms with Gasteiger partial charge in [0.05, 0.1) is 6.04 Å². The Balaban J connectivity index is 2.07. The van der Waals surface area contributed by atoms with Crippen LogP contribution >= 0.6 is 11.3 Å². The number of thiophene rings is 1. The Labute approximate surface area is 114 Å². The number of nitrogens with one attached hydrogen (secondary N) is 1. The average Bonchev–Trinajstić information content (AvgIpc) is 2.83. The highest BCUT2D eigenvalue weighted by molar-refractivity contribution is 7.19. The molecule has 3 aromatic rings. The molecule has 1 aromatic carbocycles. The fourth-order valence-corrected chi connectivity index (χ4v) is 3.42. The number of aromatic nitrogens is 1. The van der Waals surface area contributed by atoms with Crippen LogP contribution in [0.3, 0.4) is 0 Å². The number of hydrogen-bond donors (Lipinski definition) is 1. The molecule has 2 heterocycles. The fourth-order valence-electron chi connectivity index (χ4n) is 2.19. The molecule has 0 amide bonds. The van der Waals surface area contributed by atoms with Crippen LogP contribution in [0.15, 0.2) is 48.8 Å². The van der Waals surface area contributed by atoms with E-state index >= 15 is 0 Å². The number of hydrogen-bond acceptors (Lipinski definition) is 3. The maximum Gasteiger partial charge on any atom is 0.124 e. The van der Waals surface area contributed by atoms with Gasteiger partial charge in [0.1, 0.15) is 5.82 Å². The summed E-state index contributed by atoms with van der Waals surface area (Å²) in [5.41, 5.74) is 1.11. The largest absolute Gasteiger partial charge is 0.309 e. The van der Waals surface area contributed by atoms with Gasteiger partial charge in [-0.2, -0.15) is 0 Å². The molecule has 2 nitrogen and oxygen atoms in total. The lowest BCUT2D eigenvalue weighted by atomic mass is 10.1. The molecule has 0 aliphatic heterocycles. The zero-order valence-corrected chi connectivity index (χ0v) is 11.2. The lowest BCUT2D eigenvalue weighted by Gasteiger charge is -2.13. The van der Waals surface area contributed by atoms with Gasteiger partial charge >= 0.3 is 0 Å². The summed E-state index contributed by atoms with van der Waals surface area (Å²) in [4.78, 5) is 5.31. The number of rotatable bonds is 3. The topological polar surface area (TPSA) is 24.9 Å². The van der Waals surface area contributed by atoms with Crippen molar-refractivity contribution in [2.45, 2.75) is 6.04 Å². The van der Waals surface area contributed by atoms with Gasteiger partial charge in [-0.05, 0) is 42.3 Å². The molecule has 0 bridgehead atoms. The zero-order valence-electron chi connectivity index (χ0n) is 10.4. The van der Waals surface area contributed by atoms with Crippen LogP contribution in [0.4, 0.5) is 4.39 Å². The van der Waals surface area contributed by atoms with E-state index in [9.17, 15) is 4.39 Å². The van der Waals surface area contributed by atoms with Gasteiger partial charge in [0.15, 0.2) is 0 Å². The summed E-state index contributed by atoms with van der Waals surface area (Å²) in [5, 5.41) is 4.36. The van der Waals surface area contributed by atoms with E-state index in [4.69, 9.17) is 0 Å². The fraction of sp³-hybridized carbons (Fsp3) is 0.133. The molecular weight excluding hydrogens is 259 g/mol. The minimum Gasteiger partial charge on any atom is -0.309 e. The third kappa shape index (κ3) is 2.37. The summed E-state index contributed by atoms with van der Waals surface area (Å²) in [7, 11) is 1.92. The summed E-state index contributed by atoms with van der Waals surface area (Å²) in [5.74, 6) is -0.191. The number of pyridine rings is 1. The number of nitrogens with zero attached hydrogens (tertiary/aromatic N) is 1. The molecule has 0 radical (unpaired) electrons. The molecule has 0 aliphatic rings. The molecule has 2 aromatic heterocycles. The van der Waals surface area contributed by atoms with Crippen LogP contribution in [0.5, 0.6) is 0 Å².